The van der Waals surface area contributed by atoms with Crippen LogP contribution in [0, 0.1) is 0 Å². The summed E-state index contributed by atoms with van der Waals surface area (Å²) in [5, 5.41) is 4.16. The molecule has 3 aromatic heterocycles. The van der Waals surface area contributed by atoms with Gasteiger partial charge >= 0.3 is 0 Å². The van der Waals surface area contributed by atoms with Crippen LogP contribution in [0.15, 0.2) is 140 Å². The fourth-order valence-corrected chi connectivity index (χ4v) is 9.66. The first-order chi connectivity index (χ1) is 18.4. The zero-order chi connectivity index (χ0) is 24.9. The number of rotatable bonds is 6. The second kappa shape index (κ2) is 10.0. The largest absolute Gasteiger partial charge is 0.265 e. The van der Waals surface area contributed by atoms with Gasteiger partial charge in [-0.05, 0) is 22.5 Å². The minimum Gasteiger partial charge on any atom is -0.265 e. The quantitative estimate of drug-likeness (QED) is 0.333. The van der Waals surface area contributed by atoms with E-state index < -0.39 is 8.07 Å². The second-order valence-electron chi connectivity index (χ2n) is 8.59. The lowest BCUT2D eigenvalue weighted by molar-refractivity contribution is 1.21. The first-order valence-corrected chi connectivity index (χ1v) is 14.1. The third-order valence-corrected chi connectivity index (χ3v) is 11.1. The van der Waals surface area contributed by atoms with Crippen molar-refractivity contribution in [2.45, 2.75) is 0 Å². The topological polar surface area (TPSA) is 64.5 Å². The number of aromatic nitrogens is 5. The van der Waals surface area contributed by atoms with Crippen LogP contribution in [-0.4, -0.2) is 33.0 Å². The van der Waals surface area contributed by atoms with Gasteiger partial charge in [-0.2, -0.15) is 0 Å². The Hall–Kier alpha value is -4.81. The van der Waals surface area contributed by atoms with Crippen LogP contribution in [0.5, 0.6) is 0 Å². The summed E-state index contributed by atoms with van der Waals surface area (Å²) < 4.78 is 0. The molecule has 0 aliphatic heterocycles. The van der Waals surface area contributed by atoms with Crippen LogP contribution in [0.25, 0.3) is 22.5 Å². The monoisotopic (exact) mass is 493 g/mol. The Morgan fingerprint density at radius 3 is 1.27 bits per heavy atom. The maximum absolute atomic E-state index is 5.11. The molecule has 0 radical (unpaired) electrons. The molecule has 6 rings (SSSR count). The Labute approximate surface area is 216 Å². The molecule has 0 atom stereocenters. The Bertz CT molecular complexity index is 1490. The SMILES string of the molecule is c1ccc(-c2nccnc2[Si](c2ccccc2)(c2ccccc2)c2nccnc2-c2ccncc2)cc1. The van der Waals surface area contributed by atoms with Crippen molar-refractivity contribution in [2.24, 2.45) is 0 Å². The molecule has 0 saturated carbocycles. The van der Waals surface area contributed by atoms with Gasteiger partial charge in [0.2, 0.25) is 8.07 Å². The number of pyridine rings is 1. The zero-order valence-electron chi connectivity index (χ0n) is 20.0. The molecule has 6 heteroatoms. The van der Waals surface area contributed by atoms with E-state index in [-0.39, 0.29) is 0 Å². The molecule has 3 aromatic carbocycles. The van der Waals surface area contributed by atoms with Gasteiger partial charge in [-0.15, -0.1) is 0 Å². The van der Waals surface area contributed by atoms with Crippen LogP contribution in [-0.2, 0) is 0 Å². The summed E-state index contributed by atoms with van der Waals surface area (Å²) in [5.74, 6) is 0. The molecule has 0 spiro atoms. The Balaban J connectivity index is 1.80. The van der Waals surface area contributed by atoms with E-state index in [4.69, 9.17) is 19.9 Å². The summed E-state index contributed by atoms with van der Waals surface area (Å²) in [6.45, 7) is 0. The molecular weight excluding hydrogens is 470 g/mol. The van der Waals surface area contributed by atoms with E-state index in [0.717, 1.165) is 43.5 Å². The lowest BCUT2D eigenvalue weighted by Gasteiger charge is -2.34. The highest BCUT2D eigenvalue weighted by atomic mass is 28.3. The van der Waals surface area contributed by atoms with E-state index in [1.165, 1.54) is 0 Å². The number of nitrogens with zero attached hydrogens (tertiary/aromatic N) is 5. The van der Waals surface area contributed by atoms with E-state index in [0.29, 0.717) is 0 Å². The van der Waals surface area contributed by atoms with Gasteiger partial charge in [-0.25, -0.2) is 0 Å². The smallest absolute Gasteiger partial charge is 0.229 e. The zero-order valence-corrected chi connectivity index (χ0v) is 21.0. The van der Waals surface area contributed by atoms with Crippen molar-refractivity contribution in [3.8, 4) is 22.5 Å². The maximum Gasteiger partial charge on any atom is 0.229 e. The molecular formula is C31H23N5Si. The van der Waals surface area contributed by atoms with E-state index in [9.17, 15) is 0 Å². The lowest BCUT2D eigenvalue weighted by Crippen LogP contribution is -2.77. The summed E-state index contributed by atoms with van der Waals surface area (Å²) in [4.78, 5) is 24.2. The third-order valence-electron chi connectivity index (χ3n) is 6.52. The molecule has 6 aromatic rings. The summed E-state index contributed by atoms with van der Waals surface area (Å²) >= 11 is 0. The lowest BCUT2D eigenvalue weighted by atomic mass is 10.2. The molecule has 0 amide bonds. The highest BCUT2D eigenvalue weighted by molar-refractivity contribution is 7.20. The molecule has 0 bridgehead atoms. The van der Waals surface area contributed by atoms with Crippen LogP contribution >= 0.6 is 0 Å². The van der Waals surface area contributed by atoms with Crippen LogP contribution < -0.4 is 21.0 Å². The standard InChI is InChI=1S/C31H23N5Si/c1-4-10-24(11-5-1)28-30(35-22-20-33-28)37(26-12-6-2-7-13-26,27-14-8-3-9-15-27)31-29(34-21-23-36-31)25-16-18-32-19-17-25/h1-23H. The minimum atomic E-state index is -3.12. The third kappa shape index (κ3) is 4.03. The molecule has 0 aliphatic carbocycles. The van der Waals surface area contributed by atoms with Gasteiger partial charge in [-0.1, -0.05) is 91.0 Å². The first-order valence-electron chi connectivity index (χ1n) is 12.1. The predicted molar refractivity (Wildman–Crippen MR) is 150 cm³/mol. The van der Waals surface area contributed by atoms with Crippen LogP contribution in [0.4, 0.5) is 0 Å². The number of benzene rings is 3. The van der Waals surface area contributed by atoms with E-state index in [1.807, 2.05) is 42.5 Å². The Morgan fingerprint density at radius 1 is 0.378 bits per heavy atom. The van der Waals surface area contributed by atoms with Gasteiger partial charge in [-0.3, -0.25) is 24.9 Å². The molecule has 37 heavy (non-hydrogen) atoms. The highest BCUT2D eigenvalue weighted by Gasteiger charge is 2.48. The first kappa shape index (κ1) is 22.6. The number of hydrogen-bond donors (Lipinski definition) is 0. The molecule has 5 nitrogen and oxygen atoms in total. The Kier molecular flexibility index (Phi) is 6.15. The van der Waals surface area contributed by atoms with Crippen molar-refractivity contribution in [1.82, 2.24) is 24.9 Å². The molecule has 0 saturated heterocycles. The van der Waals surface area contributed by atoms with Gasteiger partial charge in [0.1, 0.15) is 0 Å². The minimum absolute atomic E-state index is 0.828. The molecule has 0 aliphatic rings. The van der Waals surface area contributed by atoms with Crippen molar-refractivity contribution >= 4 is 29.1 Å². The van der Waals surface area contributed by atoms with E-state index in [1.54, 1.807) is 37.2 Å². The van der Waals surface area contributed by atoms with E-state index in [2.05, 4.69) is 65.6 Å². The second-order valence-corrected chi connectivity index (χ2v) is 12.2. The van der Waals surface area contributed by atoms with Crippen LogP contribution in [0.2, 0.25) is 0 Å². The summed E-state index contributed by atoms with van der Waals surface area (Å²) in [7, 11) is -3.12. The van der Waals surface area contributed by atoms with Gasteiger partial charge in [0.15, 0.2) is 0 Å². The normalized spacial score (nSPS) is 11.2. The predicted octanol–water partition coefficient (Wildman–Crippen LogP) is 3.37. The summed E-state index contributed by atoms with van der Waals surface area (Å²) in [6.07, 6.45) is 10.7. The molecule has 0 unspecified atom stereocenters. The molecule has 0 N–H and O–H groups in total. The van der Waals surface area contributed by atoms with Crippen molar-refractivity contribution in [3.05, 3.63) is 140 Å². The average Bonchev–Trinajstić information content (AvgIpc) is 3.00. The molecule has 176 valence electrons. The Morgan fingerprint density at radius 2 is 0.784 bits per heavy atom. The van der Waals surface area contributed by atoms with E-state index >= 15 is 0 Å². The van der Waals surface area contributed by atoms with Crippen molar-refractivity contribution < 1.29 is 0 Å². The van der Waals surface area contributed by atoms with Gasteiger partial charge in [0.25, 0.3) is 0 Å². The number of hydrogen-bond acceptors (Lipinski definition) is 5. The fourth-order valence-electron chi connectivity index (χ4n) is 4.96. The van der Waals surface area contributed by atoms with Crippen molar-refractivity contribution in [3.63, 3.8) is 0 Å². The van der Waals surface area contributed by atoms with Crippen LogP contribution in [0.3, 0.4) is 0 Å². The average molecular weight is 494 g/mol. The maximum atomic E-state index is 5.11. The van der Waals surface area contributed by atoms with Crippen LogP contribution in [0.1, 0.15) is 0 Å². The van der Waals surface area contributed by atoms with Crippen molar-refractivity contribution in [2.75, 3.05) is 0 Å². The molecule has 0 fully saturated rings. The van der Waals surface area contributed by atoms with Crippen molar-refractivity contribution in [1.29, 1.82) is 0 Å². The summed E-state index contributed by atoms with van der Waals surface area (Å²) in [5.41, 5.74) is 3.67. The molecule has 3 heterocycles. The highest BCUT2D eigenvalue weighted by Crippen LogP contribution is 2.21. The van der Waals surface area contributed by atoms with Gasteiger partial charge in [0, 0.05) is 48.3 Å². The summed E-state index contributed by atoms with van der Waals surface area (Å²) in [6, 6.07) is 35.4. The van der Waals surface area contributed by atoms with Gasteiger partial charge < -0.3 is 0 Å². The van der Waals surface area contributed by atoms with Gasteiger partial charge in [0.05, 0.1) is 22.0 Å². The fraction of sp³-hybridized carbons (Fsp3) is 0.